The summed E-state index contributed by atoms with van der Waals surface area (Å²) in [6, 6.07) is 7.01. The molecule has 1 spiro atoms. The molecule has 3 amide bonds. The van der Waals surface area contributed by atoms with Gasteiger partial charge in [-0.1, -0.05) is 64.7 Å². The van der Waals surface area contributed by atoms with Crippen LogP contribution in [0, 0.1) is 29.6 Å². The van der Waals surface area contributed by atoms with Gasteiger partial charge in [0.1, 0.15) is 11.6 Å². The minimum Gasteiger partial charge on any atom is -0.359 e. The minimum absolute atomic E-state index is 0.0299. The fourth-order valence-corrected chi connectivity index (χ4v) is 8.71. The maximum Gasteiger partial charge on any atom is 0.246 e. The standard InChI is InChI=1S/C32H43N3O4S/c1-18-10-7-13-23(20(18)3)34-30(37)28-32-16-15-25(39-32)26(29(36)33-21-11-8-12-22(17-21)40-4)27(32)31(38)35(28)24-14-6-5-9-19(24)2/h8,11-12,15-20,23-28H,5-7,9-10,13-14H2,1-4H3,(H,33,36)(H,34,37). The molecular weight excluding hydrogens is 522 g/mol. The second-order valence-corrected chi connectivity index (χ2v) is 13.8. The number of amides is 3. The van der Waals surface area contributed by atoms with Gasteiger partial charge in [0.15, 0.2) is 0 Å². The molecule has 7 nitrogen and oxygen atoms in total. The maximum atomic E-state index is 14.5. The highest BCUT2D eigenvalue weighted by molar-refractivity contribution is 7.98. The van der Waals surface area contributed by atoms with Crippen molar-refractivity contribution in [1.82, 2.24) is 10.2 Å². The molecule has 2 aliphatic carbocycles. The zero-order valence-electron chi connectivity index (χ0n) is 24.1. The molecule has 216 valence electrons. The first kappa shape index (κ1) is 27.8. The zero-order chi connectivity index (χ0) is 28.2. The van der Waals surface area contributed by atoms with E-state index in [-0.39, 0.29) is 29.8 Å². The second-order valence-electron chi connectivity index (χ2n) is 12.9. The Labute approximate surface area is 242 Å². The van der Waals surface area contributed by atoms with Gasteiger partial charge in [-0.25, -0.2) is 0 Å². The van der Waals surface area contributed by atoms with Gasteiger partial charge in [0.25, 0.3) is 0 Å². The largest absolute Gasteiger partial charge is 0.359 e. The molecule has 2 saturated carbocycles. The third-order valence-electron chi connectivity index (χ3n) is 10.7. The molecule has 2 bridgehead atoms. The molecule has 1 aromatic carbocycles. The third kappa shape index (κ3) is 4.50. The monoisotopic (exact) mass is 565 g/mol. The van der Waals surface area contributed by atoms with Gasteiger partial charge in [0.2, 0.25) is 17.7 Å². The summed E-state index contributed by atoms with van der Waals surface area (Å²) in [6.07, 6.45) is 12.6. The molecule has 5 aliphatic rings. The average Bonchev–Trinajstić information content (AvgIpc) is 3.59. The summed E-state index contributed by atoms with van der Waals surface area (Å²) in [6.45, 7) is 6.68. The Kier molecular flexibility index (Phi) is 7.53. The van der Waals surface area contributed by atoms with Crippen molar-refractivity contribution in [2.24, 2.45) is 29.6 Å². The van der Waals surface area contributed by atoms with E-state index in [2.05, 4.69) is 31.4 Å². The van der Waals surface area contributed by atoms with E-state index in [1.807, 2.05) is 47.6 Å². The lowest BCUT2D eigenvalue weighted by Gasteiger charge is -2.42. The van der Waals surface area contributed by atoms with E-state index in [1.54, 1.807) is 11.8 Å². The number of nitrogens with zero attached hydrogens (tertiary/aromatic N) is 1. The number of hydrogen-bond acceptors (Lipinski definition) is 5. The molecule has 3 aliphatic heterocycles. The number of benzene rings is 1. The van der Waals surface area contributed by atoms with E-state index in [0.29, 0.717) is 23.4 Å². The number of thioether (sulfide) groups is 1. The summed E-state index contributed by atoms with van der Waals surface area (Å²) in [5, 5.41) is 6.44. The molecule has 6 rings (SSSR count). The number of hydrogen-bond donors (Lipinski definition) is 2. The van der Waals surface area contributed by atoms with Crippen LogP contribution < -0.4 is 10.6 Å². The number of carbonyl (C=O) groups is 3. The van der Waals surface area contributed by atoms with Crippen molar-refractivity contribution in [3.63, 3.8) is 0 Å². The summed E-state index contributed by atoms with van der Waals surface area (Å²) in [5.41, 5.74) is -0.411. The van der Waals surface area contributed by atoms with Gasteiger partial charge < -0.3 is 20.3 Å². The van der Waals surface area contributed by atoms with Gasteiger partial charge in [-0.15, -0.1) is 11.8 Å². The molecule has 10 unspecified atom stereocenters. The van der Waals surface area contributed by atoms with Crippen LogP contribution >= 0.6 is 11.8 Å². The molecule has 40 heavy (non-hydrogen) atoms. The lowest BCUT2D eigenvalue weighted by atomic mass is 9.73. The Hall–Kier alpha value is -2.32. The van der Waals surface area contributed by atoms with Gasteiger partial charge in [-0.2, -0.15) is 0 Å². The van der Waals surface area contributed by atoms with E-state index >= 15 is 0 Å². The maximum absolute atomic E-state index is 14.5. The Morgan fingerprint density at radius 3 is 2.58 bits per heavy atom. The number of rotatable bonds is 6. The Balaban J connectivity index is 1.33. The van der Waals surface area contributed by atoms with Crippen molar-refractivity contribution in [3.8, 4) is 0 Å². The zero-order valence-corrected chi connectivity index (χ0v) is 24.9. The molecule has 0 aromatic heterocycles. The topological polar surface area (TPSA) is 87.7 Å². The number of ether oxygens (including phenoxy) is 1. The number of nitrogens with one attached hydrogen (secondary N) is 2. The normalized spacial score (nSPS) is 40.2. The summed E-state index contributed by atoms with van der Waals surface area (Å²) < 4.78 is 6.60. The summed E-state index contributed by atoms with van der Waals surface area (Å²) in [7, 11) is 0. The van der Waals surface area contributed by atoms with Crippen LogP contribution in [0.2, 0.25) is 0 Å². The molecule has 10 atom stereocenters. The highest BCUT2D eigenvalue weighted by Crippen LogP contribution is 2.56. The van der Waals surface area contributed by atoms with Gasteiger partial charge in [0.05, 0.1) is 17.9 Å². The van der Waals surface area contributed by atoms with Crippen molar-refractivity contribution in [1.29, 1.82) is 0 Å². The van der Waals surface area contributed by atoms with Crippen LogP contribution in [0.25, 0.3) is 0 Å². The van der Waals surface area contributed by atoms with Crippen molar-refractivity contribution in [2.45, 2.75) is 100 Å². The van der Waals surface area contributed by atoms with Crippen molar-refractivity contribution in [2.75, 3.05) is 11.6 Å². The first-order valence-electron chi connectivity index (χ1n) is 15.2. The van der Waals surface area contributed by atoms with E-state index < -0.39 is 29.6 Å². The molecule has 3 heterocycles. The fraction of sp³-hybridized carbons (Fsp3) is 0.656. The lowest BCUT2D eigenvalue weighted by Crippen LogP contribution is -2.60. The van der Waals surface area contributed by atoms with Crippen LogP contribution in [0.15, 0.2) is 41.3 Å². The first-order chi connectivity index (χ1) is 19.2. The quantitative estimate of drug-likeness (QED) is 0.374. The number of likely N-dealkylation sites (tertiary alicyclic amines) is 1. The van der Waals surface area contributed by atoms with Crippen molar-refractivity contribution < 1.29 is 19.1 Å². The predicted octanol–water partition coefficient (Wildman–Crippen LogP) is 5.02. The average molecular weight is 566 g/mol. The Bertz CT molecular complexity index is 1200. The molecule has 4 fully saturated rings. The van der Waals surface area contributed by atoms with Gasteiger partial charge in [-0.3, -0.25) is 14.4 Å². The molecule has 1 aromatic rings. The molecule has 2 N–H and O–H groups in total. The van der Waals surface area contributed by atoms with Crippen LogP contribution in [-0.4, -0.2) is 58.7 Å². The smallest absolute Gasteiger partial charge is 0.246 e. The summed E-state index contributed by atoms with van der Waals surface area (Å²) >= 11 is 1.61. The highest BCUT2D eigenvalue weighted by atomic mass is 32.2. The van der Waals surface area contributed by atoms with Crippen LogP contribution in [-0.2, 0) is 19.1 Å². The number of fused-ring (bicyclic) bond motifs is 1. The summed E-state index contributed by atoms with van der Waals surface area (Å²) in [4.78, 5) is 45.5. The van der Waals surface area contributed by atoms with Crippen molar-refractivity contribution >= 4 is 35.2 Å². The third-order valence-corrected chi connectivity index (χ3v) is 11.4. The number of anilines is 1. The molecule has 0 radical (unpaired) electrons. The molecular formula is C32H43N3O4S. The van der Waals surface area contributed by atoms with Gasteiger partial charge in [-0.05, 0) is 61.5 Å². The van der Waals surface area contributed by atoms with Gasteiger partial charge >= 0.3 is 0 Å². The Morgan fingerprint density at radius 2 is 1.80 bits per heavy atom. The van der Waals surface area contributed by atoms with Crippen LogP contribution in [0.3, 0.4) is 0 Å². The van der Waals surface area contributed by atoms with Crippen LogP contribution in [0.5, 0.6) is 0 Å². The van der Waals surface area contributed by atoms with Crippen LogP contribution in [0.1, 0.15) is 65.7 Å². The Morgan fingerprint density at radius 1 is 1.02 bits per heavy atom. The predicted molar refractivity (Wildman–Crippen MR) is 157 cm³/mol. The second kappa shape index (κ2) is 10.8. The van der Waals surface area contributed by atoms with E-state index in [4.69, 9.17) is 4.74 Å². The van der Waals surface area contributed by atoms with Crippen LogP contribution in [0.4, 0.5) is 5.69 Å². The van der Waals surface area contributed by atoms with E-state index in [0.717, 1.165) is 43.4 Å². The molecule has 8 heteroatoms. The van der Waals surface area contributed by atoms with Crippen molar-refractivity contribution in [3.05, 3.63) is 36.4 Å². The first-order valence-corrected chi connectivity index (χ1v) is 16.4. The SMILES string of the molecule is CSc1cccc(NC(=O)C2C3C=CC4(O3)C2C(=O)N(C2CCCCC2C)C4C(=O)NC2CCCC(C)C2C)c1. The van der Waals surface area contributed by atoms with Gasteiger partial charge in [0, 0.05) is 22.7 Å². The summed E-state index contributed by atoms with van der Waals surface area (Å²) in [5.74, 6) is -0.632. The van der Waals surface area contributed by atoms with E-state index in [9.17, 15) is 14.4 Å². The fourth-order valence-electron chi connectivity index (χ4n) is 8.25. The number of carbonyl (C=O) groups excluding carboxylic acids is 3. The lowest BCUT2D eigenvalue weighted by molar-refractivity contribution is -0.146. The van der Waals surface area contributed by atoms with E-state index in [1.165, 1.54) is 6.42 Å². The molecule has 2 saturated heterocycles. The highest BCUT2D eigenvalue weighted by Gasteiger charge is 2.73. The minimum atomic E-state index is -1.12.